The van der Waals surface area contributed by atoms with Crippen LogP contribution in [0, 0.1) is 0 Å². The molecular formula is C14H16F3N3O2. The predicted molar refractivity (Wildman–Crippen MR) is 72.5 cm³/mol. The quantitative estimate of drug-likeness (QED) is 0.866. The Morgan fingerprint density at radius 1 is 1.41 bits per heavy atom. The normalized spacial score (nSPS) is 19.8. The van der Waals surface area contributed by atoms with Crippen molar-refractivity contribution in [3.05, 3.63) is 35.4 Å². The molecule has 5 nitrogen and oxygen atoms in total. The van der Waals surface area contributed by atoms with Gasteiger partial charge in [-0.15, -0.1) is 0 Å². The van der Waals surface area contributed by atoms with E-state index in [0.29, 0.717) is 18.7 Å². The lowest BCUT2D eigenvalue weighted by Gasteiger charge is -2.34. The van der Waals surface area contributed by atoms with E-state index in [2.05, 4.69) is 5.32 Å². The molecule has 0 aliphatic carbocycles. The zero-order chi connectivity index (χ0) is 16.3. The van der Waals surface area contributed by atoms with Gasteiger partial charge >= 0.3 is 6.18 Å². The summed E-state index contributed by atoms with van der Waals surface area (Å²) in [5.41, 5.74) is 4.82. The summed E-state index contributed by atoms with van der Waals surface area (Å²) in [4.78, 5) is 24.5. The van der Waals surface area contributed by atoms with Crippen molar-refractivity contribution in [3.63, 3.8) is 0 Å². The number of alkyl halides is 3. The van der Waals surface area contributed by atoms with Crippen molar-refractivity contribution in [2.45, 2.75) is 25.2 Å². The number of halogens is 3. The fraction of sp³-hybridized carbons (Fsp3) is 0.429. The Morgan fingerprint density at radius 3 is 2.77 bits per heavy atom. The lowest BCUT2D eigenvalue weighted by molar-refractivity contribution is -0.137. The first-order valence-corrected chi connectivity index (χ1v) is 6.73. The molecule has 1 aliphatic heterocycles. The summed E-state index contributed by atoms with van der Waals surface area (Å²) >= 11 is 0. The average molecular weight is 315 g/mol. The summed E-state index contributed by atoms with van der Waals surface area (Å²) in [7, 11) is 0. The minimum Gasteiger partial charge on any atom is -0.370 e. The number of benzene rings is 1. The lowest BCUT2D eigenvalue weighted by atomic mass is 10.1. The predicted octanol–water partition coefficient (Wildman–Crippen LogP) is 0.881. The molecule has 1 atom stereocenters. The number of carbonyl (C=O) groups excluding carboxylic acids is 2. The molecule has 1 fully saturated rings. The van der Waals surface area contributed by atoms with Crippen LogP contribution in [0.2, 0.25) is 0 Å². The van der Waals surface area contributed by atoms with Crippen LogP contribution < -0.4 is 11.1 Å². The van der Waals surface area contributed by atoms with E-state index in [1.807, 2.05) is 0 Å². The molecule has 2 rings (SSSR count). The molecule has 0 spiro atoms. The number of primary amides is 1. The van der Waals surface area contributed by atoms with Crippen LogP contribution in [0.4, 0.5) is 13.2 Å². The fourth-order valence-corrected chi connectivity index (χ4v) is 2.44. The SMILES string of the molecule is NC(=O)C[C@H]1C(=O)NCCN1Cc1cccc(C(F)(F)F)c1. The zero-order valence-electron chi connectivity index (χ0n) is 11.7. The van der Waals surface area contributed by atoms with Crippen LogP contribution >= 0.6 is 0 Å². The monoisotopic (exact) mass is 315 g/mol. The van der Waals surface area contributed by atoms with E-state index >= 15 is 0 Å². The van der Waals surface area contributed by atoms with Crippen molar-refractivity contribution in [2.24, 2.45) is 5.73 Å². The van der Waals surface area contributed by atoms with Crippen molar-refractivity contribution in [1.29, 1.82) is 0 Å². The van der Waals surface area contributed by atoms with E-state index in [4.69, 9.17) is 5.73 Å². The Hall–Kier alpha value is -2.09. The number of hydrogen-bond donors (Lipinski definition) is 2. The first-order chi connectivity index (χ1) is 10.3. The highest BCUT2D eigenvalue weighted by Gasteiger charge is 2.33. The summed E-state index contributed by atoms with van der Waals surface area (Å²) in [6, 6.07) is 4.18. The molecule has 1 aromatic rings. The lowest BCUT2D eigenvalue weighted by Crippen LogP contribution is -2.55. The molecule has 120 valence electrons. The van der Waals surface area contributed by atoms with Gasteiger partial charge in [-0.05, 0) is 11.6 Å². The average Bonchev–Trinajstić information content (AvgIpc) is 2.42. The van der Waals surface area contributed by atoms with E-state index in [1.165, 1.54) is 6.07 Å². The molecule has 0 saturated carbocycles. The second kappa shape index (κ2) is 6.35. The van der Waals surface area contributed by atoms with E-state index in [9.17, 15) is 22.8 Å². The number of amides is 2. The van der Waals surface area contributed by atoms with Crippen LogP contribution in [0.1, 0.15) is 17.5 Å². The summed E-state index contributed by atoms with van der Waals surface area (Å²) in [6.45, 7) is 0.974. The first-order valence-electron chi connectivity index (χ1n) is 6.73. The Labute approximate surface area is 125 Å². The van der Waals surface area contributed by atoms with Crippen LogP contribution in [0.5, 0.6) is 0 Å². The smallest absolute Gasteiger partial charge is 0.370 e. The van der Waals surface area contributed by atoms with Crippen LogP contribution in [-0.4, -0.2) is 35.8 Å². The van der Waals surface area contributed by atoms with Gasteiger partial charge in [0.15, 0.2) is 0 Å². The largest absolute Gasteiger partial charge is 0.416 e. The molecule has 0 bridgehead atoms. The minimum atomic E-state index is -4.41. The van der Waals surface area contributed by atoms with Gasteiger partial charge in [0.25, 0.3) is 0 Å². The Kier molecular flexibility index (Phi) is 4.70. The Bertz CT molecular complexity index is 575. The second-order valence-electron chi connectivity index (χ2n) is 5.15. The number of nitrogens with one attached hydrogen (secondary N) is 1. The maximum absolute atomic E-state index is 12.7. The summed E-state index contributed by atoms with van der Waals surface area (Å²) in [5.74, 6) is -0.965. The molecule has 0 aromatic heterocycles. The molecule has 0 radical (unpaired) electrons. The second-order valence-corrected chi connectivity index (χ2v) is 5.15. The standard InChI is InChI=1S/C14H16F3N3O2/c15-14(16,17)10-3-1-2-9(6-10)8-20-5-4-19-13(22)11(20)7-12(18)21/h1-3,6,11H,4-5,7-8H2,(H2,18,21)(H,19,22)/t11-/m0/s1. The number of rotatable bonds is 4. The van der Waals surface area contributed by atoms with Crippen molar-refractivity contribution < 1.29 is 22.8 Å². The molecule has 1 heterocycles. The topological polar surface area (TPSA) is 75.4 Å². The van der Waals surface area contributed by atoms with Crippen LogP contribution in [0.25, 0.3) is 0 Å². The number of nitrogens with two attached hydrogens (primary N) is 1. The molecule has 1 saturated heterocycles. The third-order valence-corrected chi connectivity index (χ3v) is 3.48. The number of carbonyl (C=O) groups is 2. The van der Waals surface area contributed by atoms with Gasteiger partial charge in [0, 0.05) is 19.6 Å². The van der Waals surface area contributed by atoms with E-state index in [0.717, 1.165) is 12.1 Å². The molecule has 2 amide bonds. The highest BCUT2D eigenvalue weighted by atomic mass is 19.4. The Morgan fingerprint density at radius 2 is 2.14 bits per heavy atom. The minimum absolute atomic E-state index is 0.148. The molecule has 0 unspecified atom stereocenters. The molecular weight excluding hydrogens is 299 g/mol. The van der Waals surface area contributed by atoms with Crippen LogP contribution in [-0.2, 0) is 22.3 Å². The zero-order valence-corrected chi connectivity index (χ0v) is 11.7. The first kappa shape index (κ1) is 16.3. The van der Waals surface area contributed by atoms with E-state index in [1.54, 1.807) is 11.0 Å². The van der Waals surface area contributed by atoms with Gasteiger partial charge in [-0.3, -0.25) is 14.5 Å². The van der Waals surface area contributed by atoms with Crippen molar-refractivity contribution in [2.75, 3.05) is 13.1 Å². The third kappa shape index (κ3) is 3.97. The number of piperazine rings is 1. The van der Waals surface area contributed by atoms with Crippen LogP contribution in [0.3, 0.4) is 0 Å². The van der Waals surface area contributed by atoms with Gasteiger partial charge in [0.2, 0.25) is 11.8 Å². The van der Waals surface area contributed by atoms with Gasteiger partial charge in [-0.2, -0.15) is 13.2 Å². The highest BCUT2D eigenvalue weighted by molar-refractivity contribution is 5.88. The van der Waals surface area contributed by atoms with Crippen LogP contribution in [0.15, 0.2) is 24.3 Å². The van der Waals surface area contributed by atoms with E-state index in [-0.39, 0.29) is 18.9 Å². The molecule has 22 heavy (non-hydrogen) atoms. The highest BCUT2D eigenvalue weighted by Crippen LogP contribution is 2.30. The van der Waals surface area contributed by atoms with Gasteiger partial charge in [0.05, 0.1) is 18.0 Å². The van der Waals surface area contributed by atoms with Gasteiger partial charge in [-0.25, -0.2) is 0 Å². The molecule has 1 aromatic carbocycles. The summed E-state index contributed by atoms with van der Waals surface area (Å²) < 4.78 is 38.2. The summed E-state index contributed by atoms with van der Waals surface area (Å²) in [5, 5.41) is 2.62. The van der Waals surface area contributed by atoms with Gasteiger partial charge < -0.3 is 11.1 Å². The molecule has 3 N–H and O–H groups in total. The van der Waals surface area contributed by atoms with Crippen molar-refractivity contribution in [1.82, 2.24) is 10.2 Å². The maximum Gasteiger partial charge on any atom is 0.416 e. The van der Waals surface area contributed by atoms with Crippen molar-refractivity contribution >= 4 is 11.8 Å². The van der Waals surface area contributed by atoms with Gasteiger partial charge in [0.1, 0.15) is 0 Å². The maximum atomic E-state index is 12.7. The van der Waals surface area contributed by atoms with Gasteiger partial charge in [-0.1, -0.05) is 18.2 Å². The number of nitrogens with zero attached hydrogens (tertiary/aromatic N) is 1. The van der Waals surface area contributed by atoms with E-state index < -0.39 is 23.7 Å². The van der Waals surface area contributed by atoms with Crippen molar-refractivity contribution in [3.8, 4) is 0 Å². The summed E-state index contributed by atoms with van der Waals surface area (Å²) in [6.07, 6.45) is -4.58. The fourth-order valence-electron chi connectivity index (χ4n) is 2.44. The number of hydrogen-bond acceptors (Lipinski definition) is 3. The molecule has 8 heteroatoms. The third-order valence-electron chi connectivity index (χ3n) is 3.48. The Balaban J connectivity index is 2.17. The molecule has 1 aliphatic rings.